The number of nitrogens with zero attached hydrogens (tertiary/aromatic N) is 3. The highest BCUT2D eigenvalue weighted by atomic mass is 35.5. The molecule has 0 saturated heterocycles. The van der Waals surface area contributed by atoms with Gasteiger partial charge in [0.05, 0.1) is 11.7 Å². The van der Waals surface area contributed by atoms with E-state index >= 15 is 0 Å². The summed E-state index contributed by atoms with van der Waals surface area (Å²) in [6, 6.07) is 2.05. The van der Waals surface area contributed by atoms with Gasteiger partial charge >= 0.3 is 0 Å². The van der Waals surface area contributed by atoms with Crippen molar-refractivity contribution in [3.8, 4) is 0 Å². The molecule has 2 aromatic rings. The molecular weight excluding hydrogens is 270 g/mol. The zero-order valence-electron chi connectivity index (χ0n) is 12.8. The van der Waals surface area contributed by atoms with Crippen LogP contribution in [-0.4, -0.2) is 20.4 Å². The lowest BCUT2D eigenvalue weighted by Gasteiger charge is -2.26. The van der Waals surface area contributed by atoms with Crippen molar-refractivity contribution in [2.24, 2.45) is 17.8 Å². The summed E-state index contributed by atoms with van der Waals surface area (Å²) < 4.78 is 2.34. The van der Waals surface area contributed by atoms with Crippen LogP contribution in [0.1, 0.15) is 33.5 Å². The van der Waals surface area contributed by atoms with E-state index in [4.69, 9.17) is 16.6 Å². The number of halogens is 1. The number of pyridine rings is 1. The Labute approximate surface area is 126 Å². The topological polar surface area (TPSA) is 30.7 Å². The Hall–Kier alpha value is -1.09. The zero-order valence-corrected chi connectivity index (χ0v) is 13.6. The molecule has 2 rings (SSSR count). The highest BCUT2D eigenvalue weighted by Gasteiger charge is 2.21. The lowest BCUT2D eigenvalue weighted by Crippen LogP contribution is -2.23. The predicted molar refractivity (Wildman–Crippen MR) is 85.1 cm³/mol. The van der Waals surface area contributed by atoms with Crippen molar-refractivity contribution in [2.75, 3.05) is 5.88 Å². The average molecular weight is 294 g/mol. The second kappa shape index (κ2) is 6.57. The molecule has 0 saturated carbocycles. The Balaban J connectivity index is 2.42. The number of aromatic nitrogens is 3. The minimum atomic E-state index is 0.602. The van der Waals surface area contributed by atoms with E-state index in [0.29, 0.717) is 23.6 Å². The molecule has 0 aromatic carbocycles. The quantitative estimate of drug-likeness (QED) is 0.749. The minimum absolute atomic E-state index is 0.602. The van der Waals surface area contributed by atoms with Crippen LogP contribution in [0, 0.1) is 17.8 Å². The van der Waals surface area contributed by atoms with E-state index in [9.17, 15) is 0 Å². The summed E-state index contributed by atoms with van der Waals surface area (Å²) in [5.74, 6) is 3.62. The van der Waals surface area contributed by atoms with Crippen molar-refractivity contribution in [3.63, 3.8) is 0 Å². The molecule has 0 spiro atoms. The molecule has 0 atom stereocenters. The third-order valence-electron chi connectivity index (χ3n) is 4.05. The fraction of sp³-hybridized carbons (Fsp3) is 0.625. The second-order valence-electron chi connectivity index (χ2n) is 6.09. The summed E-state index contributed by atoms with van der Waals surface area (Å²) in [6.07, 6.45) is 4.48. The average Bonchev–Trinajstić information content (AvgIpc) is 2.73. The van der Waals surface area contributed by atoms with Gasteiger partial charge in [-0.05, 0) is 23.8 Å². The molecule has 0 N–H and O–H groups in total. The van der Waals surface area contributed by atoms with Crippen LogP contribution in [0.15, 0.2) is 18.5 Å². The molecule has 0 bridgehead atoms. The standard InChI is InChI=1S/C16H24ClN3/c1-11(2)13(12(3)4)10-20-15-6-8-18-9-14(15)19-16(20)5-7-17/h6,8-9,11-13H,5,7,10H2,1-4H3. The van der Waals surface area contributed by atoms with Crippen molar-refractivity contribution >= 4 is 22.6 Å². The Kier molecular flexibility index (Phi) is 5.03. The van der Waals surface area contributed by atoms with Gasteiger partial charge in [0.25, 0.3) is 0 Å². The van der Waals surface area contributed by atoms with Gasteiger partial charge in [0.2, 0.25) is 0 Å². The first kappa shape index (κ1) is 15.3. The molecule has 2 heterocycles. The fourth-order valence-electron chi connectivity index (χ4n) is 2.91. The highest BCUT2D eigenvalue weighted by Crippen LogP contribution is 2.26. The molecule has 0 unspecified atom stereocenters. The molecule has 0 aliphatic heterocycles. The van der Waals surface area contributed by atoms with E-state index in [1.165, 1.54) is 5.52 Å². The number of alkyl halides is 1. The number of hydrogen-bond donors (Lipinski definition) is 0. The van der Waals surface area contributed by atoms with E-state index in [2.05, 4.69) is 43.3 Å². The van der Waals surface area contributed by atoms with Gasteiger partial charge in [-0.2, -0.15) is 0 Å². The van der Waals surface area contributed by atoms with Crippen molar-refractivity contribution in [2.45, 2.75) is 40.7 Å². The van der Waals surface area contributed by atoms with Gasteiger partial charge in [0.1, 0.15) is 11.3 Å². The Morgan fingerprint density at radius 3 is 2.50 bits per heavy atom. The van der Waals surface area contributed by atoms with Crippen molar-refractivity contribution < 1.29 is 0 Å². The van der Waals surface area contributed by atoms with Crippen LogP contribution in [0.25, 0.3) is 11.0 Å². The molecule has 110 valence electrons. The molecule has 4 heteroatoms. The van der Waals surface area contributed by atoms with E-state index in [1.807, 2.05) is 12.4 Å². The van der Waals surface area contributed by atoms with Gasteiger partial charge in [0, 0.05) is 25.0 Å². The number of imidazole rings is 1. The maximum absolute atomic E-state index is 5.93. The summed E-state index contributed by atoms with van der Waals surface area (Å²) in [6.45, 7) is 10.2. The monoisotopic (exact) mass is 293 g/mol. The van der Waals surface area contributed by atoms with Crippen LogP contribution in [0.4, 0.5) is 0 Å². The summed E-state index contributed by atoms with van der Waals surface area (Å²) in [4.78, 5) is 8.86. The van der Waals surface area contributed by atoms with Gasteiger partial charge in [0.15, 0.2) is 0 Å². The SMILES string of the molecule is CC(C)C(Cn1c(CCCl)nc2cnccc21)C(C)C. The van der Waals surface area contributed by atoms with Crippen LogP contribution in [0.3, 0.4) is 0 Å². The zero-order chi connectivity index (χ0) is 14.7. The van der Waals surface area contributed by atoms with Crippen molar-refractivity contribution in [1.29, 1.82) is 0 Å². The van der Waals surface area contributed by atoms with Gasteiger partial charge in [-0.1, -0.05) is 27.7 Å². The van der Waals surface area contributed by atoms with Crippen LogP contribution >= 0.6 is 11.6 Å². The highest BCUT2D eigenvalue weighted by molar-refractivity contribution is 6.17. The molecule has 0 fully saturated rings. The summed E-state index contributed by atoms with van der Waals surface area (Å²) >= 11 is 5.93. The Morgan fingerprint density at radius 2 is 1.90 bits per heavy atom. The van der Waals surface area contributed by atoms with Gasteiger partial charge in [-0.25, -0.2) is 4.98 Å². The van der Waals surface area contributed by atoms with Gasteiger partial charge < -0.3 is 4.57 Å². The third-order valence-corrected chi connectivity index (χ3v) is 4.24. The van der Waals surface area contributed by atoms with Gasteiger partial charge in [-0.15, -0.1) is 11.6 Å². The number of fused-ring (bicyclic) bond motifs is 1. The molecule has 20 heavy (non-hydrogen) atoms. The Bertz CT molecular complexity index is 552. The third kappa shape index (κ3) is 3.14. The molecule has 0 aliphatic carbocycles. The van der Waals surface area contributed by atoms with Crippen LogP contribution in [-0.2, 0) is 13.0 Å². The second-order valence-corrected chi connectivity index (χ2v) is 6.47. The Morgan fingerprint density at radius 1 is 1.20 bits per heavy atom. The molecule has 0 radical (unpaired) electrons. The summed E-state index contributed by atoms with van der Waals surface area (Å²) in [5.41, 5.74) is 2.14. The summed E-state index contributed by atoms with van der Waals surface area (Å²) in [7, 11) is 0. The fourth-order valence-corrected chi connectivity index (χ4v) is 3.08. The molecule has 2 aromatic heterocycles. The van der Waals surface area contributed by atoms with Crippen molar-refractivity contribution in [1.82, 2.24) is 14.5 Å². The van der Waals surface area contributed by atoms with Crippen LogP contribution < -0.4 is 0 Å². The first-order chi connectivity index (χ1) is 9.54. The summed E-state index contributed by atoms with van der Waals surface area (Å²) in [5, 5.41) is 0. The first-order valence-electron chi connectivity index (χ1n) is 7.39. The van der Waals surface area contributed by atoms with E-state index in [0.717, 1.165) is 24.3 Å². The molecule has 0 aliphatic rings. The number of hydrogen-bond acceptors (Lipinski definition) is 2. The van der Waals surface area contributed by atoms with E-state index in [-0.39, 0.29) is 0 Å². The van der Waals surface area contributed by atoms with E-state index in [1.54, 1.807) is 0 Å². The minimum Gasteiger partial charge on any atom is -0.328 e. The first-order valence-corrected chi connectivity index (χ1v) is 7.93. The maximum atomic E-state index is 5.93. The molecule has 3 nitrogen and oxygen atoms in total. The van der Waals surface area contributed by atoms with Crippen molar-refractivity contribution in [3.05, 3.63) is 24.3 Å². The van der Waals surface area contributed by atoms with Crippen LogP contribution in [0.2, 0.25) is 0 Å². The lowest BCUT2D eigenvalue weighted by atomic mass is 9.85. The number of rotatable bonds is 6. The van der Waals surface area contributed by atoms with Gasteiger partial charge in [-0.3, -0.25) is 4.98 Å². The molecule has 0 amide bonds. The van der Waals surface area contributed by atoms with Crippen LogP contribution in [0.5, 0.6) is 0 Å². The smallest absolute Gasteiger partial charge is 0.111 e. The normalized spacial score (nSPS) is 12.2. The maximum Gasteiger partial charge on any atom is 0.111 e. The number of aryl methyl sites for hydroxylation is 1. The van der Waals surface area contributed by atoms with E-state index < -0.39 is 0 Å². The predicted octanol–water partition coefficient (Wildman–Crippen LogP) is 4.14. The largest absolute Gasteiger partial charge is 0.328 e. The molecular formula is C16H24ClN3. The lowest BCUT2D eigenvalue weighted by molar-refractivity contribution is 0.252.